The first-order valence-electron chi connectivity index (χ1n) is 6.55. The van der Waals surface area contributed by atoms with Crippen LogP contribution in [0.2, 0.25) is 0 Å². The van der Waals surface area contributed by atoms with Crippen molar-refractivity contribution in [3.05, 3.63) is 53.9 Å². The Kier molecular flexibility index (Phi) is 3.79. The number of hydrogen-bond acceptors (Lipinski definition) is 5. The van der Waals surface area contributed by atoms with Crippen LogP contribution < -0.4 is 11.1 Å². The van der Waals surface area contributed by atoms with Crippen molar-refractivity contribution < 1.29 is 4.79 Å². The smallest absolute Gasteiger partial charge is 0.251 e. The summed E-state index contributed by atoms with van der Waals surface area (Å²) in [7, 11) is 0. The van der Waals surface area contributed by atoms with E-state index in [9.17, 15) is 4.79 Å². The van der Waals surface area contributed by atoms with Crippen molar-refractivity contribution in [1.29, 1.82) is 0 Å². The Labute approximate surface area is 125 Å². The molecule has 1 aromatic carbocycles. The van der Waals surface area contributed by atoms with E-state index in [0.29, 0.717) is 17.2 Å². The van der Waals surface area contributed by atoms with Gasteiger partial charge in [-0.2, -0.15) is 0 Å². The lowest BCUT2D eigenvalue weighted by Gasteiger charge is -2.05. The fourth-order valence-corrected chi connectivity index (χ4v) is 2.83. The third-order valence-corrected chi connectivity index (χ3v) is 3.94. The summed E-state index contributed by atoms with van der Waals surface area (Å²) in [5.41, 5.74) is 8.21. The standard InChI is InChI=1S/C15H14N4OS/c16-15-19-12-4-3-11(8-13(12)21-15)14(20)18-7-5-10-2-1-6-17-9-10/h1-4,6,8-9H,5,7H2,(H2,16,19)(H,18,20). The van der Waals surface area contributed by atoms with E-state index in [1.807, 2.05) is 24.3 Å². The lowest BCUT2D eigenvalue weighted by molar-refractivity contribution is 0.0954. The molecule has 5 nitrogen and oxygen atoms in total. The monoisotopic (exact) mass is 298 g/mol. The lowest BCUT2D eigenvalue weighted by Crippen LogP contribution is -2.25. The Balaban J connectivity index is 1.63. The maximum atomic E-state index is 12.1. The van der Waals surface area contributed by atoms with Crippen LogP contribution >= 0.6 is 11.3 Å². The number of thiazole rings is 1. The number of benzene rings is 1. The quantitative estimate of drug-likeness (QED) is 0.774. The number of hydrogen-bond donors (Lipinski definition) is 2. The second-order valence-electron chi connectivity index (χ2n) is 4.60. The number of carbonyl (C=O) groups excluding carboxylic acids is 1. The van der Waals surface area contributed by atoms with Gasteiger partial charge in [0.1, 0.15) is 0 Å². The highest BCUT2D eigenvalue weighted by Gasteiger charge is 2.08. The van der Waals surface area contributed by atoms with Crippen LogP contribution in [0.25, 0.3) is 10.2 Å². The number of nitrogen functional groups attached to an aromatic ring is 1. The van der Waals surface area contributed by atoms with E-state index in [4.69, 9.17) is 5.73 Å². The number of pyridine rings is 1. The molecule has 0 aliphatic carbocycles. The van der Waals surface area contributed by atoms with Gasteiger partial charge in [-0.15, -0.1) is 0 Å². The van der Waals surface area contributed by atoms with Crippen molar-refractivity contribution in [1.82, 2.24) is 15.3 Å². The maximum absolute atomic E-state index is 12.1. The number of aromatic nitrogens is 2. The molecular formula is C15H14N4OS. The number of carbonyl (C=O) groups is 1. The number of anilines is 1. The zero-order valence-electron chi connectivity index (χ0n) is 11.2. The van der Waals surface area contributed by atoms with E-state index < -0.39 is 0 Å². The molecule has 0 saturated carbocycles. The Bertz CT molecular complexity index is 770. The molecular weight excluding hydrogens is 284 g/mol. The fourth-order valence-electron chi connectivity index (χ4n) is 2.05. The molecule has 0 radical (unpaired) electrons. The summed E-state index contributed by atoms with van der Waals surface area (Å²) in [6, 6.07) is 9.28. The molecule has 1 amide bonds. The molecule has 21 heavy (non-hydrogen) atoms. The number of nitrogens with two attached hydrogens (primary N) is 1. The third-order valence-electron chi connectivity index (χ3n) is 3.09. The second-order valence-corrected chi connectivity index (χ2v) is 5.66. The number of nitrogens with zero attached hydrogens (tertiary/aromatic N) is 2. The van der Waals surface area contributed by atoms with Crippen LogP contribution in [-0.4, -0.2) is 22.4 Å². The van der Waals surface area contributed by atoms with E-state index in [2.05, 4.69) is 15.3 Å². The van der Waals surface area contributed by atoms with E-state index in [1.54, 1.807) is 18.5 Å². The van der Waals surface area contributed by atoms with Crippen LogP contribution in [0.15, 0.2) is 42.7 Å². The van der Waals surface area contributed by atoms with Crippen molar-refractivity contribution in [2.45, 2.75) is 6.42 Å². The summed E-state index contributed by atoms with van der Waals surface area (Å²) in [6.07, 6.45) is 4.30. The van der Waals surface area contributed by atoms with Gasteiger partial charge in [0.05, 0.1) is 10.2 Å². The van der Waals surface area contributed by atoms with Gasteiger partial charge in [0.2, 0.25) is 0 Å². The summed E-state index contributed by atoms with van der Waals surface area (Å²) in [6.45, 7) is 0.577. The molecule has 0 saturated heterocycles. The van der Waals surface area contributed by atoms with E-state index in [1.165, 1.54) is 11.3 Å². The first-order chi connectivity index (χ1) is 10.2. The van der Waals surface area contributed by atoms with Crippen LogP contribution in [0, 0.1) is 0 Å². The first-order valence-corrected chi connectivity index (χ1v) is 7.37. The molecule has 0 aliphatic heterocycles. The van der Waals surface area contributed by atoms with Gasteiger partial charge in [0.15, 0.2) is 5.13 Å². The number of fused-ring (bicyclic) bond motifs is 1. The van der Waals surface area contributed by atoms with Crippen molar-refractivity contribution in [2.75, 3.05) is 12.3 Å². The zero-order chi connectivity index (χ0) is 14.7. The molecule has 0 spiro atoms. The van der Waals surface area contributed by atoms with Gasteiger partial charge < -0.3 is 11.1 Å². The first kappa shape index (κ1) is 13.5. The average molecular weight is 298 g/mol. The third kappa shape index (κ3) is 3.17. The van der Waals surface area contributed by atoms with Crippen LogP contribution in [0.3, 0.4) is 0 Å². The predicted octanol–water partition coefficient (Wildman–Crippen LogP) is 2.25. The van der Waals surface area contributed by atoms with E-state index in [0.717, 1.165) is 22.2 Å². The predicted molar refractivity (Wildman–Crippen MR) is 84.3 cm³/mol. The topological polar surface area (TPSA) is 80.9 Å². The minimum atomic E-state index is -0.0900. The Morgan fingerprint density at radius 3 is 3.05 bits per heavy atom. The van der Waals surface area contributed by atoms with Gasteiger partial charge in [0, 0.05) is 24.5 Å². The molecule has 3 aromatic rings. The van der Waals surface area contributed by atoms with Crippen LogP contribution in [0.1, 0.15) is 15.9 Å². The number of rotatable bonds is 4. The summed E-state index contributed by atoms with van der Waals surface area (Å²) in [5.74, 6) is -0.0900. The SMILES string of the molecule is Nc1nc2ccc(C(=O)NCCc3cccnc3)cc2s1. The molecule has 0 unspecified atom stereocenters. The highest BCUT2D eigenvalue weighted by Crippen LogP contribution is 2.24. The number of amides is 1. The molecule has 0 fully saturated rings. The summed E-state index contributed by atoms with van der Waals surface area (Å²) in [5, 5.41) is 3.42. The van der Waals surface area contributed by atoms with E-state index >= 15 is 0 Å². The molecule has 0 aliphatic rings. The largest absolute Gasteiger partial charge is 0.375 e. The minimum Gasteiger partial charge on any atom is -0.375 e. The molecule has 2 heterocycles. The molecule has 0 atom stereocenters. The summed E-state index contributed by atoms with van der Waals surface area (Å²) >= 11 is 1.38. The molecule has 6 heteroatoms. The highest BCUT2D eigenvalue weighted by molar-refractivity contribution is 7.22. The Morgan fingerprint density at radius 2 is 2.24 bits per heavy atom. The van der Waals surface area contributed by atoms with Crippen LogP contribution in [0.4, 0.5) is 5.13 Å². The lowest BCUT2D eigenvalue weighted by atomic mass is 10.2. The second kappa shape index (κ2) is 5.88. The van der Waals surface area contributed by atoms with Gasteiger partial charge >= 0.3 is 0 Å². The molecule has 3 N–H and O–H groups in total. The van der Waals surface area contributed by atoms with Gasteiger partial charge in [0.25, 0.3) is 5.91 Å². The number of nitrogens with one attached hydrogen (secondary N) is 1. The van der Waals surface area contributed by atoms with Gasteiger partial charge in [-0.25, -0.2) is 4.98 Å². The Hall–Kier alpha value is -2.47. The zero-order valence-corrected chi connectivity index (χ0v) is 12.1. The molecule has 3 rings (SSSR count). The molecule has 2 aromatic heterocycles. The van der Waals surface area contributed by atoms with Crippen LogP contribution in [-0.2, 0) is 6.42 Å². The van der Waals surface area contributed by atoms with Crippen LogP contribution in [0.5, 0.6) is 0 Å². The van der Waals surface area contributed by atoms with Gasteiger partial charge in [-0.1, -0.05) is 17.4 Å². The van der Waals surface area contributed by atoms with Crippen molar-refractivity contribution in [3.8, 4) is 0 Å². The molecule has 106 valence electrons. The van der Waals surface area contributed by atoms with Crippen molar-refractivity contribution >= 4 is 32.6 Å². The van der Waals surface area contributed by atoms with Crippen molar-refractivity contribution in [2.24, 2.45) is 0 Å². The van der Waals surface area contributed by atoms with Crippen molar-refractivity contribution in [3.63, 3.8) is 0 Å². The van der Waals surface area contributed by atoms with E-state index in [-0.39, 0.29) is 5.91 Å². The maximum Gasteiger partial charge on any atom is 0.251 e. The highest BCUT2D eigenvalue weighted by atomic mass is 32.1. The van der Waals surface area contributed by atoms with Gasteiger partial charge in [-0.3, -0.25) is 9.78 Å². The molecule has 0 bridgehead atoms. The fraction of sp³-hybridized carbons (Fsp3) is 0.133. The minimum absolute atomic E-state index is 0.0900. The normalized spacial score (nSPS) is 10.7. The van der Waals surface area contributed by atoms with Gasteiger partial charge in [-0.05, 0) is 36.2 Å². The summed E-state index contributed by atoms with van der Waals surface area (Å²) in [4.78, 5) is 20.3. The average Bonchev–Trinajstić information content (AvgIpc) is 2.87. The Morgan fingerprint density at radius 1 is 1.33 bits per heavy atom. The summed E-state index contributed by atoms with van der Waals surface area (Å²) < 4.78 is 0.924.